The smallest absolute Gasteiger partial charge is 0.191 e. The Morgan fingerprint density at radius 1 is 1.35 bits per heavy atom. The number of nitrogens with zero attached hydrogens (tertiary/aromatic N) is 2. The molecule has 0 radical (unpaired) electrons. The van der Waals surface area contributed by atoms with Gasteiger partial charge in [-0.2, -0.15) is 0 Å². The van der Waals surface area contributed by atoms with Gasteiger partial charge < -0.3 is 15.4 Å². The predicted molar refractivity (Wildman–Crippen MR) is 96.3 cm³/mol. The Kier molecular flexibility index (Phi) is 6.05. The fourth-order valence-corrected chi connectivity index (χ4v) is 2.79. The summed E-state index contributed by atoms with van der Waals surface area (Å²) >= 11 is 0. The average molecular weight is 317 g/mol. The van der Waals surface area contributed by atoms with Crippen LogP contribution in [-0.4, -0.2) is 29.6 Å². The van der Waals surface area contributed by atoms with Crippen molar-refractivity contribution >= 4 is 5.96 Å². The van der Waals surface area contributed by atoms with Gasteiger partial charge in [0, 0.05) is 13.1 Å². The van der Waals surface area contributed by atoms with Crippen molar-refractivity contribution in [2.45, 2.75) is 59.3 Å². The lowest BCUT2D eigenvalue weighted by Crippen LogP contribution is -2.43. The minimum Gasteiger partial charge on any atom is -0.371 e. The molecule has 1 unspecified atom stereocenters. The Labute approximate surface area is 140 Å². The number of hydrogen-bond acceptors (Lipinski definition) is 2. The third-order valence-corrected chi connectivity index (χ3v) is 4.07. The highest BCUT2D eigenvalue weighted by molar-refractivity contribution is 5.78. The van der Waals surface area contributed by atoms with Gasteiger partial charge >= 0.3 is 0 Å². The number of rotatable bonds is 4. The van der Waals surface area contributed by atoms with Crippen molar-refractivity contribution < 1.29 is 4.74 Å². The topological polar surface area (TPSA) is 50.8 Å². The van der Waals surface area contributed by atoms with Gasteiger partial charge in [0.1, 0.15) is 0 Å². The van der Waals surface area contributed by atoms with Gasteiger partial charge in [0.25, 0.3) is 0 Å². The molecule has 128 valence electrons. The van der Waals surface area contributed by atoms with Crippen molar-refractivity contribution in [3.8, 4) is 0 Å². The summed E-state index contributed by atoms with van der Waals surface area (Å²) in [4.78, 5) is 6.79. The molecule has 0 aromatic heterocycles. The van der Waals surface area contributed by atoms with Crippen LogP contribution >= 0.6 is 0 Å². The molecule has 2 N–H and O–H groups in total. The molecule has 1 aliphatic heterocycles. The van der Waals surface area contributed by atoms with Crippen molar-refractivity contribution in [1.29, 1.82) is 0 Å². The Bertz CT molecular complexity index is 534. The maximum Gasteiger partial charge on any atom is 0.191 e. The number of benzene rings is 1. The van der Waals surface area contributed by atoms with E-state index in [4.69, 9.17) is 10.5 Å². The monoisotopic (exact) mass is 317 g/mol. The van der Waals surface area contributed by atoms with Gasteiger partial charge in [-0.15, -0.1) is 0 Å². The first-order valence-corrected chi connectivity index (χ1v) is 8.60. The number of nitrogens with two attached hydrogens (primary N) is 1. The van der Waals surface area contributed by atoms with Gasteiger partial charge in [-0.25, -0.2) is 4.99 Å². The normalized spacial score (nSPS) is 19.9. The van der Waals surface area contributed by atoms with Crippen LogP contribution in [0.2, 0.25) is 0 Å². The molecule has 23 heavy (non-hydrogen) atoms. The number of aliphatic imine (C=N–C) groups is 1. The Morgan fingerprint density at radius 3 is 2.78 bits per heavy atom. The lowest BCUT2D eigenvalue weighted by Gasteiger charge is -2.31. The first-order chi connectivity index (χ1) is 10.8. The first kappa shape index (κ1) is 17.8. The zero-order valence-electron chi connectivity index (χ0n) is 15.0. The third kappa shape index (κ3) is 6.22. The summed E-state index contributed by atoms with van der Waals surface area (Å²) in [6, 6.07) is 8.40. The number of likely N-dealkylation sites (tertiary alicyclic amines) is 1. The fraction of sp³-hybridized carbons (Fsp3) is 0.632. The van der Waals surface area contributed by atoms with Crippen molar-refractivity contribution in [2.24, 2.45) is 16.6 Å². The molecule has 0 saturated carbocycles. The second-order valence-electron chi connectivity index (χ2n) is 7.59. The lowest BCUT2D eigenvalue weighted by molar-refractivity contribution is -0.0149. The standard InChI is InChI=1S/C19H31N3O/c1-15-7-6-10-22(13-15)18(20)21-12-16-8-5-9-17(11-16)14-23-19(2,3)4/h5,8-9,11,15H,6-7,10,12-14H2,1-4H3,(H2,20,21). The molecule has 4 heteroatoms. The van der Waals surface area contributed by atoms with Gasteiger partial charge in [0.05, 0.1) is 18.8 Å². The third-order valence-electron chi connectivity index (χ3n) is 4.07. The average Bonchev–Trinajstić information content (AvgIpc) is 2.50. The van der Waals surface area contributed by atoms with Crippen LogP contribution in [0.1, 0.15) is 51.7 Å². The molecule has 0 aliphatic carbocycles. The van der Waals surface area contributed by atoms with E-state index in [2.05, 4.69) is 61.9 Å². The van der Waals surface area contributed by atoms with Crippen LogP contribution in [0.25, 0.3) is 0 Å². The van der Waals surface area contributed by atoms with E-state index < -0.39 is 0 Å². The Morgan fingerprint density at radius 2 is 2.09 bits per heavy atom. The zero-order chi connectivity index (χ0) is 16.9. The quantitative estimate of drug-likeness (QED) is 0.682. The summed E-state index contributed by atoms with van der Waals surface area (Å²) in [6.45, 7) is 11.8. The Balaban J connectivity index is 1.93. The van der Waals surface area contributed by atoms with Crippen molar-refractivity contribution in [3.05, 3.63) is 35.4 Å². The summed E-state index contributed by atoms with van der Waals surface area (Å²) in [5, 5.41) is 0. The van der Waals surface area contributed by atoms with Gasteiger partial charge in [-0.3, -0.25) is 0 Å². The van der Waals surface area contributed by atoms with E-state index in [1.54, 1.807) is 0 Å². The zero-order valence-corrected chi connectivity index (χ0v) is 15.0. The molecule has 4 nitrogen and oxygen atoms in total. The molecule has 1 heterocycles. The van der Waals surface area contributed by atoms with Crippen molar-refractivity contribution in [1.82, 2.24) is 4.90 Å². The molecular weight excluding hydrogens is 286 g/mol. The molecule has 1 aromatic carbocycles. The molecule has 1 saturated heterocycles. The van der Waals surface area contributed by atoms with E-state index in [-0.39, 0.29) is 5.60 Å². The van der Waals surface area contributed by atoms with Crippen LogP contribution < -0.4 is 5.73 Å². The van der Waals surface area contributed by atoms with Gasteiger partial charge in [-0.05, 0) is 50.7 Å². The predicted octanol–water partition coefficient (Wildman–Crippen LogP) is 3.55. The molecule has 0 bridgehead atoms. The summed E-state index contributed by atoms with van der Waals surface area (Å²) in [6.07, 6.45) is 2.50. The molecule has 0 spiro atoms. The number of ether oxygens (including phenoxy) is 1. The first-order valence-electron chi connectivity index (χ1n) is 8.60. The van der Waals surface area contributed by atoms with Crippen LogP contribution in [0, 0.1) is 5.92 Å². The van der Waals surface area contributed by atoms with Crippen molar-refractivity contribution in [3.63, 3.8) is 0 Å². The fourth-order valence-electron chi connectivity index (χ4n) is 2.79. The Hall–Kier alpha value is -1.55. The highest BCUT2D eigenvalue weighted by atomic mass is 16.5. The van der Waals surface area contributed by atoms with Crippen LogP contribution in [0.5, 0.6) is 0 Å². The van der Waals surface area contributed by atoms with E-state index in [0.717, 1.165) is 13.1 Å². The summed E-state index contributed by atoms with van der Waals surface area (Å²) in [5.41, 5.74) is 8.39. The minimum atomic E-state index is -0.121. The van der Waals surface area contributed by atoms with Crippen molar-refractivity contribution in [2.75, 3.05) is 13.1 Å². The van der Waals surface area contributed by atoms with Crippen LogP contribution in [0.15, 0.2) is 29.3 Å². The summed E-state index contributed by atoms with van der Waals surface area (Å²) < 4.78 is 5.83. The van der Waals surface area contributed by atoms with E-state index >= 15 is 0 Å². The number of guanidine groups is 1. The molecular formula is C19H31N3O. The van der Waals surface area contributed by atoms with Gasteiger partial charge in [0.2, 0.25) is 0 Å². The molecule has 0 amide bonds. The maximum atomic E-state index is 6.16. The largest absolute Gasteiger partial charge is 0.371 e. The van der Waals surface area contributed by atoms with E-state index in [1.165, 1.54) is 24.0 Å². The number of hydrogen-bond donors (Lipinski definition) is 1. The van der Waals surface area contributed by atoms with Gasteiger partial charge in [-0.1, -0.05) is 31.2 Å². The summed E-state index contributed by atoms with van der Waals surface area (Å²) in [7, 11) is 0. The van der Waals surface area contributed by atoms with Gasteiger partial charge in [0.15, 0.2) is 5.96 Å². The second-order valence-corrected chi connectivity index (χ2v) is 7.59. The van der Waals surface area contributed by atoms with Crippen LogP contribution in [0.3, 0.4) is 0 Å². The molecule has 2 rings (SSSR count). The highest BCUT2D eigenvalue weighted by Crippen LogP contribution is 2.16. The minimum absolute atomic E-state index is 0.121. The molecule has 1 aliphatic rings. The van der Waals surface area contributed by atoms with Crippen LogP contribution in [0.4, 0.5) is 0 Å². The number of piperidine rings is 1. The maximum absolute atomic E-state index is 6.16. The van der Waals surface area contributed by atoms with Crippen LogP contribution in [-0.2, 0) is 17.9 Å². The molecule has 1 aromatic rings. The highest BCUT2D eigenvalue weighted by Gasteiger charge is 2.17. The summed E-state index contributed by atoms with van der Waals surface area (Å²) in [5.74, 6) is 1.38. The van der Waals surface area contributed by atoms with E-state index in [1.807, 2.05) is 0 Å². The van der Waals surface area contributed by atoms with E-state index in [9.17, 15) is 0 Å². The lowest BCUT2D eigenvalue weighted by atomic mass is 10.0. The second kappa shape index (κ2) is 7.82. The molecule has 1 fully saturated rings. The SMILES string of the molecule is CC1CCCN(C(N)=NCc2cccc(COC(C)(C)C)c2)C1. The molecule has 1 atom stereocenters. The van der Waals surface area contributed by atoms with E-state index in [0.29, 0.717) is 25.0 Å².